The molecule has 0 aliphatic carbocycles. The Morgan fingerprint density at radius 3 is 2.71 bits per heavy atom. The second-order valence-electron chi connectivity index (χ2n) is 7.81. The smallest absolute Gasteiger partial charge is 0.192 e. The van der Waals surface area contributed by atoms with Gasteiger partial charge in [0.25, 0.3) is 0 Å². The summed E-state index contributed by atoms with van der Waals surface area (Å²) in [7, 11) is 1.65. The lowest BCUT2D eigenvalue weighted by Crippen LogP contribution is -2.17. The molecule has 0 radical (unpaired) electrons. The van der Waals surface area contributed by atoms with E-state index in [9.17, 15) is 4.79 Å². The van der Waals surface area contributed by atoms with Crippen molar-refractivity contribution in [2.24, 2.45) is 0 Å². The molecule has 2 heterocycles. The van der Waals surface area contributed by atoms with Crippen LogP contribution in [-0.2, 0) is 11.3 Å². The molecular weight excluding hydrogens is 410 g/mol. The minimum absolute atomic E-state index is 0.101. The van der Waals surface area contributed by atoms with Crippen LogP contribution >= 0.6 is 11.8 Å². The molecule has 0 N–H and O–H groups in total. The van der Waals surface area contributed by atoms with Crippen LogP contribution in [0.5, 0.6) is 5.75 Å². The largest absolute Gasteiger partial charge is 0.497 e. The number of thioether (sulfide) groups is 1. The van der Waals surface area contributed by atoms with E-state index in [4.69, 9.17) is 9.47 Å². The summed E-state index contributed by atoms with van der Waals surface area (Å²) in [6.45, 7) is 5.44. The van der Waals surface area contributed by atoms with Crippen molar-refractivity contribution in [3.05, 3.63) is 59.2 Å². The van der Waals surface area contributed by atoms with Crippen molar-refractivity contribution in [3.63, 3.8) is 0 Å². The van der Waals surface area contributed by atoms with E-state index in [2.05, 4.69) is 14.8 Å². The van der Waals surface area contributed by atoms with Gasteiger partial charge in [0.05, 0.1) is 25.5 Å². The van der Waals surface area contributed by atoms with Gasteiger partial charge in [-0.25, -0.2) is 0 Å². The van der Waals surface area contributed by atoms with Gasteiger partial charge >= 0.3 is 0 Å². The number of rotatable bonds is 8. The van der Waals surface area contributed by atoms with Gasteiger partial charge < -0.3 is 9.47 Å². The molecule has 1 aromatic heterocycles. The zero-order valence-corrected chi connectivity index (χ0v) is 18.9. The Hall–Kier alpha value is -2.64. The lowest BCUT2D eigenvalue weighted by atomic mass is 10.0. The third kappa shape index (κ3) is 4.99. The van der Waals surface area contributed by atoms with Crippen molar-refractivity contribution < 1.29 is 14.3 Å². The predicted octanol–water partition coefficient (Wildman–Crippen LogP) is 4.72. The number of aromatic nitrogens is 3. The Balaban J connectivity index is 1.58. The molecule has 3 aromatic rings. The van der Waals surface area contributed by atoms with Gasteiger partial charge in [0.2, 0.25) is 0 Å². The molecule has 0 bridgehead atoms. The van der Waals surface area contributed by atoms with Crippen molar-refractivity contribution in [1.29, 1.82) is 0 Å². The van der Waals surface area contributed by atoms with E-state index in [1.54, 1.807) is 7.11 Å². The van der Waals surface area contributed by atoms with Gasteiger partial charge in [-0.3, -0.25) is 9.36 Å². The molecule has 1 aliphatic rings. The second kappa shape index (κ2) is 9.66. The first kappa shape index (κ1) is 21.6. The van der Waals surface area contributed by atoms with E-state index in [1.165, 1.54) is 11.8 Å². The van der Waals surface area contributed by atoms with E-state index in [1.807, 2.05) is 56.3 Å². The van der Waals surface area contributed by atoms with E-state index in [0.717, 1.165) is 58.4 Å². The molecular formula is C24H27N3O3S. The summed E-state index contributed by atoms with van der Waals surface area (Å²) < 4.78 is 13.2. The third-order valence-electron chi connectivity index (χ3n) is 5.50. The Kier molecular flexibility index (Phi) is 6.73. The van der Waals surface area contributed by atoms with Gasteiger partial charge in [-0.1, -0.05) is 29.5 Å². The first-order valence-corrected chi connectivity index (χ1v) is 11.5. The van der Waals surface area contributed by atoms with Gasteiger partial charge in [-0.15, -0.1) is 10.2 Å². The maximum atomic E-state index is 12.9. The summed E-state index contributed by atoms with van der Waals surface area (Å²) in [5.74, 6) is 1.99. The standard InChI is InChI=1S/C24H27N3O3S/c1-16-6-7-17(2)21(13-16)22(28)15-31-24-26-25-23(18-8-10-19(29-3)11-9-18)27(24)14-20-5-4-12-30-20/h6-11,13,20H,4-5,12,14-15H2,1-3H3. The van der Waals surface area contributed by atoms with Crippen LogP contribution in [0.1, 0.15) is 34.3 Å². The van der Waals surface area contributed by atoms with Crippen LogP contribution in [0.15, 0.2) is 47.6 Å². The number of benzene rings is 2. The number of ketones is 1. The van der Waals surface area contributed by atoms with Crippen molar-refractivity contribution >= 4 is 17.5 Å². The fourth-order valence-corrected chi connectivity index (χ4v) is 4.58. The maximum absolute atomic E-state index is 12.9. The average molecular weight is 438 g/mol. The van der Waals surface area contributed by atoms with Crippen molar-refractivity contribution in [1.82, 2.24) is 14.8 Å². The number of carbonyl (C=O) groups excluding carboxylic acids is 1. The minimum Gasteiger partial charge on any atom is -0.497 e. The fourth-order valence-electron chi connectivity index (χ4n) is 3.75. The number of nitrogens with zero attached hydrogens (tertiary/aromatic N) is 3. The number of hydrogen-bond donors (Lipinski definition) is 0. The fraction of sp³-hybridized carbons (Fsp3) is 0.375. The van der Waals surface area contributed by atoms with Gasteiger partial charge in [0.1, 0.15) is 5.75 Å². The van der Waals surface area contributed by atoms with Crippen molar-refractivity contribution in [2.45, 2.75) is 44.5 Å². The zero-order valence-electron chi connectivity index (χ0n) is 18.1. The van der Waals surface area contributed by atoms with Gasteiger partial charge in [0.15, 0.2) is 16.8 Å². The Labute approximate surface area is 187 Å². The van der Waals surface area contributed by atoms with Crippen LogP contribution in [0.2, 0.25) is 0 Å². The molecule has 6 nitrogen and oxygen atoms in total. The molecule has 4 rings (SSSR count). The van der Waals surface area contributed by atoms with Gasteiger partial charge in [-0.2, -0.15) is 0 Å². The lowest BCUT2D eigenvalue weighted by Gasteiger charge is -2.15. The number of methoxy groups -OCH3 is 1. The molecule has 1 fully saturated rings. The van der Waals surface area contributed by atoms with E-state index >= 15 is 0 Å². The SMILES string of the molecule is COc1ccc(-c2nnc(SCC(=O)c3cc(C)ccc3C)n2CC2CCCO2)cc1. The predicted molar refractivity (Wildman–Crippen MR) is 122 cm³/mol. The first-order valence-electron chi connectivity index (χ1n) is 10.5. The molecule has 0 saturated carbocycles. The number of aryl methyl sites for hydroxylation is 2. The Morgan fingerprint density at radius 1 is 1.19 bits per heavy atom. The molecule has 31 heavy (non-hydrogen) atoms. The molecule has 7 heteroatoms. The highest BCUT2D eigenvalue weighted by molar-refractivity contribution is 7.99. The van der Waals surface area contributed by atoms with Crippen LogP contribution in [-0.4, -0.2) is 46.1 Å². The monoisotopic (exact) mass is 437 g/mol. The number of carbonyl (C=O) groups is 1. The molecule has 162 valence electrons. The summed E-state index contributed by atoms with van der Waals surface area (Å²) in [4.78, 5) is 12.9. The Morgan fingerprint density at radius 2 is 2.00 bits per heavy atom. The van der Waals surface area contributed by atoms with E-state index < -0.39 is 0 Å². The topological polar surface area (TPSA) is 66.2 Å². The van der Waals surface area contributed by atoms with Gasteiger partial charge in [0, 0.05) is 17.7 Å². The summed E-state index contributed by atoms with van der Waals surface area (Å²) in [5, 5.41) is 9.61. The summed E-state index contributed by atoms with van der Waals surface area (Å²) in [6, 6.07) is 13.8. The summed E-state index contributed by atoms with van der Waals surface area (Å²) in [5.41, 5.74) is 3.81. The normalized spacial score (nSPS) is 15.9. The van der Waals surface area contributed by atoms with Crippen LogP contribution in [0.25, 0.3) is 11.4 Å². The molecule has 1 atom stereocenters. The first-order chi connectivity index (χ1) is 15.0. The molecule has 2 aromatic carbocycles. The molecule has 0 spiro atoms. The molecule has 1 saturated heterocycles. The van der Waals surface area contributed by atoms with Crippen molar-refractivity contribution in [3.8, 4) is 17.1 Å². The third-order valence-corrected chi connectivity index (χ3v) is 6.47. The van der Waals surface area contributed by atoms with Crippen LogP contribution in [0.4, 0.5) is 0 Å². The van der Waals surface area contributed by atoms with E-state index in [-0.39, 0.29) is 11.9 Å². The maximum Gasteiger partial charge on any atom is 0.192 e. The highest BCUT2D eigenvalue weighted by Gasteiger charge is 2.22. The summed E-state index contributed by atoms with van der Waals surface area (Å²) in [6.07, 6.45) is 2.23. The number of hydrogen-bond acceptors (Lipinski definition) is 6. The minimum atomic E-state index is 0.101. The van der Waals surface area contributed by atoms with Crippen LogP contribution in [0.3, 0.4) is 0 Å². The average Bonchev–Trinajstić information content (AvgIpc) is 3.44. The highest BCUT2D eigenvalue weighted by Crippen LogP contribution is 2.28. The second-order valence-corrected chi connectivity index (χ2v) is 8.75. The van der Waals surface area contributed by atoms with Gasteiger partial charge in [-0.05, 0) is 62.6 Å². The zero-order chi connectivity index (χ0) is 21.8. The van der Waals surface area contributed by atoms with Crippen molar-refractivity contribution in [2.75, 3.05) is 19.5 Å². The molecule has 1 aliphatic heterocycles. The lowest BCUT2D eigenvalue weighted by molar-refractivity contribution is 0.0953. The molecule has 0 amide bonds. The number of ether oxygens (including phenoxy) is 2. The number of Topliss-reactive ketones (excluding diaryl/α,β-unsaturated/α-hetero) is 1. The highest BCUT2D eigenvalue weighted by atomic mass is 32.2. The quantitative estimate of drug-likeness (QED) is 0.375. The summed E-state index contributed by atoms with van der Waals surface area (Å²) >= 11 is 1.43. The van der Waals surface area contributed by atoms with E-state index in [0.29, 0.717) is 12.3 Å². The Bertz CT molecular complexity index is 1060. The van der Waals surface area contributed by atoms with Crippen LogP contribution in [0, 0.1) is 13.8 Å². The molecule has 1 unspecified atom stereocenters. The van der Waals surface area contributed by atoms with Crippen LogP contribution < -0.4 is 4.74 Å².